The van der Waals surface area contributed by atoms with Gasteiger partial charge in [-0.05, 0) is 68.1 Å². The second kappa shape index (κ2) is 8.69. The second-order valence-electron chi connectivity index (χ2n) is 6.93. The molecule has 1 aliphatic rings. The van der Waals surface area contributed by atoms with Gasteiger partial charge in [-0.25, -0.2) is 4.79 Å². The number of rotatable bonds is 7. The molecule has 6 nitrogen and oxygen atoms in total. The molecule has 1 atom stereocenters. The number of carbonyl (C=O) groups is 3. The average molecular weight is 380 g/mol. The lowest BCUT2D eigenvalue weighted by molar-refractivity contribution is -0.123. The molecule has 2 N–H and O–H groups in total. The molecule has 0 aromatic heterocycles. The third kappa shape index (κ3) is 5.19. The summed E-state index contributed by atoms with van der Waals surface area (Å²) in [6, 6.07) is 14.0. The molecule has 2 aromatic rings. The smallest absolute Gasteiger partial charge is 0.338 e. The van der Waals surface area contributed by atoms with Crippen molar-refractivity contribution in [2.24, 2.45) is 5.92 Å². The molecule has 28 heavy (non-hydrogen) atoms. The highest BCUT2D eigenvalue weighted by Gasteiger charge is 2.29. The number of aryl methyl sites for hydroxylation is 1. The summed E-state index contributed by atoms with van der Waals surface area (Å²) in [5.74, 6) is -0.871. The fraction of sp³-hybridized carbons (Fsp3) is 0.318. The normalized spacial score (nSPS) is 14.1. The van der Waals surface area contributed by atoms with Crippen molar-refractivity contribution in [2.45, 2.75) is 39.2 Å². The van der Waals surface area contributed by atoms with Crippen LogP contribution in [0.2, 0.25) is 0 Å². The predicted molar refractivity (Wildman–Crippen MR) is 107 cm³/mol. The first-order chi connectivity index (χ1) is 13.5. The van der Waals surface area contributed by atoms with Crippen molar-refractivity contribution in [1.29, 1.82) is 0 Å². The van der Waals surface area contributed by atoms with Gasteiger partial charge in [0.1, 0.15) is 0 Å². The first kappa shape index (κ1) is 19.6. The third-order valence-corrected chi connectivity index (χ3v) is 4.62. The second-order valence-corrected chi connectivity index (χ2v) is 6.93. The number of anilines is 2. The summed E-state index contributed by atoms with van der Waals surface area (Å²) in [5, 5.41) is 5.54. The number of hydrogen-bond donors (Lipinski definition) is 2. The van der Waals surface area contributed by atoms with Gasteiger partial charge in [0.25, 0.3) is 5.91 Å². The molecule has 1 unspecified atom stereocenters. The lowest BCUT2D eigenvalue weighted by Crippen LogP contribution is -2.30. The molecule has 0 aliphatic heterocycles. The Morgan fingerprint density at radius 3 is 2.11 bits per heavy atom. The Hall–Kier alpha value is -3.15. The van der Waals surface area contributed by atoms with E-state index in [0.717, 1.165) is 19.3 Å². The molecule has 1 saturated carbocycles. The highest BCUT2D eigenvalue weighted by Crippen LogP contribution is 2.30. The van der Waals surface area contributed by atoms with Crippen molar-refractivity contribution < 1.29 is 19.1 Å². The zero-order chi connectivity index (χ0) is 20.1. The Morgan fingerprint density at radius 2 is 1.54 bits per heavy atom. The number of benzene rings is 2. The fourth-order valence-electron chi connectivity index (χ4n) is 2.63. The van der Waals surface area contributed by atoms with Gasteiger partial charge in [-0.2, -0.15) is 0 Å². The van der Waals surface area contributed by atoms with Gasteiger partial charge in [0.15, 0.2) is 6.10 Å². The van der Waals surface area contributed by atoms with Crippen molar-refractivity contribution in [3.63, 3.8) is 0 Å². The molecule has 2 amide bonds. The molecular formula is C22H24N2O4. The molecule has 1 aliphatic carbocycles. The van der Waals surface area contributed by atoms with Crippen LogP contribution in [0.15, 0.2) is 48.5 Å². The molecule has 6 heteroatoms. The van der Waals surface area contributed by atoms with Crippen molar-refractivity contribution in [1.82, 2.24) is 0 Å². The zero-order valence-corrected chi connectivity index (χ0v) is 16.0. The fourth-order valence-corrected chi connectivity index (χ4v) is 2.63. The van der Waals surface area contributed by atoms with E-state index in [1.165, 1.54) is 12.5 Å². The van der Waals surface area contributed by atoms with Gasteiger partial charge in [0, 0.05) is 17.3 Å². The van der Waals surface area contributed by atoms with E-state index in [1.807, 2.05) is 24.3 Å². The summed E-state index contributed by atoms with van der Waals surface area (Å²) in [7, 11) is 0. The van der Waals surface area contributed by atoms with E-state index >= 15 is 0 Å². The molecule has 0 saturated heterocycles. The van der Waals surface area contributed by atoms with E-state index in [4.69, 9.17) is 4.74 Å². The van der Waals surface area contributed by atoms with Crippen molar-refractivity contribution >= 4 is 29.2 Å². The van der Waals surface area contributed by atoms with Gasteiger partial charge >= 0.3 is 5.97 Å². The van der Waals surface area contributed by atoms with Crippen LogP contribution in [0.4, 0.5) is 11.4 Å². The number of nitrogens with one attached hydrogen (secondary N) is 2. The lowest BCUT2D eigenvalue weighted by Gasteiger charge is -2.14. The largest absolute Gasteiger partial charge is 0.449 e. The third-order valence-electron chi connectivity index (χ3n) is 4.62. The summed E-state index contributed by atoms with van der Waals surface area (Å²) >= 11 is 0. The van der Waals surface area contributed by atoms with Gasteiger partial charge in [-0.3, -0.25) is 9.59 Å². The molecule has 0 bridgehead atoms. The minimum Gasteiger partial charge on any atom is -0.449 e. The maximum atomic E-state index is 12.3. The van der Waals surface area contributed by atoms with Crippen LogP contribution < -0.4 is 10.6 Å². The number of carbonyl (C=O) groups excluding carboxylic acids is 3. The van der Waals surface area contributed by atoms with Crippen LogP contribution in [0, 0.1) is 5.92 Å². The number of amides is 2. The summed E-state index contributed by atoms with van der Waals surface area (Å²) < 4.78 is 5.25. The Balaban J connectivity index is 1.52. The zero-order valence-electron chi connectivity index (χ0n) is 16.0. The first-order valence-electron chi connectivity index (χ1n) is 9.48. The van der Waals surface area contributed by atoms with Crippen LogP contribution in [0.5, 0.6) is 0 Å². The maximum absolute atomic E-state index is 12.3. The number of esters is 1. The van der Waals surface area contributed by atoms with Crippen molar-refractivity contribution in [3.8, 4) is 0 Å². The number of hydrogen-bond acceptors (Lipinski definition) is 4. The number of ether oxygens (including phenoxy) is 1. The van der Waals surface area contributed by atoms with E-state index in [2.05, 4.69) is 17.6 Å². The van der Waals surface area contributed by atoms with Crippen molar-refractivity contribution in [3.05, 3.63) is 59.7 Å². The van der Waals surface area contributed by atoms with Crippen LogP contribution in [-0.4, -0.2) is 23.9 Å². The Kier molecular flexibility index (Phi) is 6.09. The van der Waals surface area contributed by atoms with Gasteiger partial charge in [0.2, 0.25) is 5.91 Å². The minimum atomic E-state index is -0.937. The van der Waals surface area contributed by atoms with Crippen LogP contribution in [-0.2, 0) is 20.7 Å². The van der Waals surface area contributed by atoms with E-state index in [-0.39, 0.29) is 11.8 Å². The molecule has 0 radical (unpaired) electrons. The van der Waals surface area contributed by atoms with Crippen LogP contribution in [0.3, 0.4) is 0 Å². The standard InChI is InChI=1S/C22H24N2O4/c1-3-15-4-10-18(11-5-15)23-20(25)14(2)28-22(27)17-8-12-19(13-9-17)24-21(26)16-6-7-16/h4-5,8-14,16H,3,6-7H2,1-2H3,(H,23,25)(H,24,26). The Morgan fingerprint density at radius 1 is 0.964 bits per heavy atom. The van der Waals surface area contributed by atoms with E-state index in [0.29, 0.717) is 16.9 Å². The predicted octanol–water partition coefficient (Wildman–Crippen LogP) is 3.78. The van der Waals surface area contributed by atoms with Crippen molar-refractivity contribution in [2.75, 3.05) is 10.6 Å². The molecule has 0 spiro atoms. The summed E-state index contributed by atoms with van der Waals surface area (Å²) in [4.78, 5) is 36.3. The van der Waals surface area contributed by atoms with Gasteiger partial charge < -0.3 is 15.4 Å². The lowest BCUT2D eigenvalue weighted by atomic mass is 10.1. The minimum absolute atomic E-state index is 0.00703. The highest BCUT2D eigenvalue weighted by molar-refractivity contribution is 5.98. The van der Waals surface area contributed by atoms with Gasteiger partial charge in [-0.1, -0.05) is 19.1 Å². The Labute approximate surface area is 164 Å². The summed E-state index contributed by atoms with van der Waals surface area (Å²) in [6.07, 6.45) is 1.84. The maximum Gasteiger partial charge on any atom is 0.338 e. The van der Waals surface area contributed by atoms with E-state index in [1.54, 1.807) is 24.3 Å². The summed E-state index contributed by atoms with van der Waals surface area (Å²) in [6.45, 7) is 3.58. The molecule has 1 fully saturated rings. The molecule has 3 rings (SSSR count). The monoisotopic (exact) mass is 380 g/mol. The molecule has 2 aromatic carbocycles. The highest BCUT2D eigenvalue weighted by atomic mass is 16.5. The van der Waals surface area contributed by atoms with E-state index in [9.17, 15) is 14.4 Å². The van der Waals surface area contributed by atoms with Crippen LogP contribution >= 0.6 is 0 Å². The van der Waals surface area contributed by atoms with E-state index < -0.39 is 18.0 Å². The first-order valence-corrected chi connectivity index (χ1v) is 9.48. The van der Waals surface area contributed by atoms with Gasteiger partial charge in [-0.15, -0.1) is 0 Å². The Bertz CT molecular complexity index is 855. The summed E-state index contributed by atoms with van der Waals surface area (Å²) in [5.41, 5.74) is 2.78. The van der Waals surface area contributed by atoms with Crippen LogP contribution in [0.25, 0.3) is 0 Å². The molecule has 146 valence electrons. The molecular weight excluding hydrogens is 356 g/mol. The SMILES string of the molecule is CCc1ccc(NC(=O)C(C)OC(=O)c2ccc(NC(=O)C3CC3)cc2)cc1. The van der Waals surface area contributed by atoms with Crippen LogP contribution in [0.1, 0.15) is 42.6 Å². The quantitative estimate of drug-likeness (QED) is 0.716. The average Bonchev–Trinajstić information content (AvgIpc) is 3.54. The molecule has 0 heterocycles. The van der Waals surface area contributed by atoms with Gasteiger partial charge in [0.05, 0.1) is 5.56 Å². The topological polar surface area (TPSA) is 84.5 Å².